The molecule has 7 nitrogen and oxygen atoms in total. The van der Waals surface area contributed by atoms with Crippen LogP contribution in [0.1, 0.15) is 24.2 Å². The zero-order chi connectivity index (χ0) is 18.2. The van der Waals surface area contributed by atoms with Crippen molar-refractivity contribution in [1.82, 2.24) is 0 Å². The molecule has 2 aromatic rings. The van der Waals surface area contributed by atoms with Gasteiger partial charge in [0.2, 0.25) is 5.91 Å². The molecule has 0 radical (unpaired) electrons. The first kappa shape index (κ1) is 18.0. The molecule has 0 bridgehead atoms. The van der Waals surface area contributed by atoms with Crippen LogP contribution in [0.15, 0.2) is 48.5 Å². The molecule has 0 fully saturated rings. The van der Waals surface area contributed by atoms with E-state index in [1.807, 2.05) is 0 Å². The Morgan fingerprint density at radius 2 is 1.48 bits per heavy atom. The molecule has 7 heteroatoms. The third kappa shape index (κ3) is 5.65. The first-order valence-electron chi connectivity index (χ1n) is 7.71. The highest BCUT2D eigenvalue weighted by Crippen LogP contribution is 2.17. The Labute approximate surface area is 145 Å². The fourth-order valence-corrected chi connectivity index (χ4v) is 2.10. The number of nitrogens with one attached hydrogen (secondary N) is 3. The first-order valence-corrected chi connectivity index (χ1v) is 7.71. The summed E-state index contributed by atoms with van der Waals surface area (Å²) in [7, 11) is 0. The minimum atomic E-state index is -0.580. The van der Waals surface area contributed by atoms with E-state index in [1.165, 1.54) is 6.92 Å². The summed E-state index contributed by atoms with van der Waals surface area (Å²) in [6, 6.07) is 13.3. The van der Waals surface area contributed by atoms with Crippen LogP contribution >= 0.6 is 0 Å². The lowest BCUT2D eigenvalue weighted by molar-refractivity contribution is -0.114. The molecular weight excluding hydrogens is 322 g/mol. The van der Waals surface area contributed by atoms with Crippen molar-refractivity contribution in [3.05, 3.63) is 54.1 Å². The molecule has 0 aliphatic heterocycles. The molecule has 25 heavy (non-hydrogen) atoms. The summed E-state index contributed by atoms with van der Waals surface area (Å²) in [5, 5.41) is 7.94. The second-order valence-corrected chi connectivity index (χ2v) is 5.14. The van der Waals surface area contributed by atoms with Gasteiger partial charge in [0.1, 0.15) is 0 Å². The van der Waals surface area contributed by atoms with E-state index in [1.54, 1.807) is 55.5 Å². The predicted octanol–water partition coefficient (Wildman–Crippen LogP) is 3.47. The van der Waals surface area contributed by atoms with Crippen molar-refractivity contribution in [2.75, 3.05) is 22.6 Å². The molecule has 0 aromatic heterocycles. The number of benzene rings is 2. The van der Waals surface area contributed by atoms with Gasteiger partial charge in [-0.05, 0) is 43.3 Å². The van der Waals surface area contributed by atoms with Crippen molar-refractivity contribution in [3.8, 4) is 0 Å². The maximum absolute atomic E-state index is 12.4. The van der Waals surface area contributed by atoms with E-state index in [4.69, 9.17) is 4.74 Å². The van der Waals surface area contributed by atoms with Gasteiger partial charge in [-0.2, -0.15) is 0 Å². The molecule has 0 atom stereocenters. The highest BCUT2D eigenvalue weighted by Gasteiger charge is 2.09. The number of ether oxygens (including phenoxy) is 1. The van der Waals surface area contributed by atoms with Crippen LogP contribution in [0.25, 0.3) is 0 Å². The van der Waals surface area contributed by atoms with Crippen LogP contribution in [-0.4, -0.2) is 24.5 Å². The summed E-state index contributed by atoms with van der Waals surface area (Å²) in [5.41, 5.74) is 1.96. The largest absolute Gasteiger partial charge is 0.450 e. The van der Waals surface area contributed by atoms with E-state index in [2.05, 4.69) is 16.0 Å². The third-order valence-corrected chi connectivity index (χ3v) is 3.09. The summed E-state index contributed by atoms with van der Waals surface area (Å²) in [6.07, 6.45) is -0.580. The zero-order valence-corrected chi connectivity index (χ0v) is 14.0. The molecule has 3 N–H and O–H groups in total. The molecular formula is C18H19N3O4. The molecule has 2 aromatic carbocycles. The fraction of sp³-hybridized carbons (Fsp3) is 0.167. The first-order chi connectivity index (χ1) is 12.0. The van der Waals surface area contributed by atoms with Gasteiger partial charge in [0, 0.05) is 29.5 Å². The van der Waals surface area contributed by atoms with Gasteiger partial charge in [-0.15, -0.1) is 0 Å². The van der Waals surface area contributed by atoms with E-state index in [-0.39, 0.29) is 18.4 Å². The van der Waals surface area contributed by atoms with Crippen molar-refractivity contribution in [1.29, 1.82) is 0 Å². The topological polar surface area (TPSA) is 96.5 Å². The van der Waals surface area contributed by atoms with E-state index >= 15 is 0 Å². The van der Waals surface area contributed by atoms with Crippen LogP contribution < -0.4 is 16.0 Å². The second-order valence-electron chi connectivity index (χ2n) is 5.14. The number of anilines is 3. The number of amides is 3. The molecule has 0 saturated heterocycles. The Morgan fingerprint density at radius 3 is 2.12 bits per heavy atom. The molecule has 0 aliphatic carbocycles. The van der Waals surface area contributed by atoms with Gasteiger partial charge in [-0.1, -0.05) is 12.1 Å². The summed E-state index contributed by atoms with van der Waals surface area (Å²) < 4.78 is 4.80. The highest BCUT2D eigenvalue weighted by molar-refractivity contribution is 6.05. The summed E-state index contributed by atoms with van der Waals surface area (Å²) in [4.78, 5) is 34.9. The van der Waals surface area contributed by atoms with E-state index in [0.717, 1.165) is 0 Å². The minimum Gasteiger partial charge on any atom is -0.450 e. The van der Waals surface area contributed by atoms with Crippen molar-refractivity contribution >= 4 is 35.0 Å². The van der Waals surface area contributed by atoms with Crippen molar-refractivity contribution in [2.24, 2.45) is 0 Å². The Kier molecular flexibility index (Phi) is 6.11. The van der Waals surface area contributed by atoms with Crippen LogP contribution in [0.3, 0.4) is 0 Å². The average molecular weight is 341 g/mol. The average Bonchev–Trinajstić information content (AvgIpc) is 2.55. The quantitative estimate of drug-likeness (QED) is 0.776. The molecule has 0 saturated carbocycles. The maximum atomic E-state index is 12.4. The zero-order valence-electron chi connectivity index (χ0n) is 14.0. The second kappa shape index (κ2) is 8.49. The monoisotopic (exact) mass is 341 g/mol. The van der Waals surface area contributed by atoms with Crippen molar-refractivity contribution < 1.29 is 19.1 Å². The maximum Gasteiger partial charge on any atom is 0.411 e. The predicted molar refractivity (Wildman–Crippen MR) is 95.8 cm³/mol. The van der Waals surface area contributed by atoms with Gasteiger partial charge in [0.25, 0.3) is 5.91 Å². The van der Waals surface area contributed by atoms with Gasteiger partial charge >= 0.3 is 6.09 Å². The summed E-state index contributed by atoms with van der Waals surface area (Å²) >= 11 is 0. The normalized spacial score (nSPS) is 9.84. The van der Waals surface area contributed by atoms with Crippen LogP contribution in [0.4, 0.5) is 21.9 Å². The van der Waals surface area contributed by atoms with E-state index in [9.17, 15) is 14.4 Å². The number of hydrogen-bond donors (Lipinski definition) is 3. The molecule has 0 heterocycles. The highest BCUT2D eigenvalue weighted by atomic mass is 16.5. The van der Waals surface area contributed by atoms with Crippen LogP contribution in [0.2, 0.25) is 0 Å². The van der Waals surface area contributed by atoms with E-state index < -0.39 is 6.09 Å². The lowest BCUT2D eigenvalue weighted by atomic mass is 10.2. The molecule has 3 amide bonds. The fourth-order valence-electron chi connectivity index (χ4n) is 2.10. The Bertz CT molecular complexity index is 789. The van der Waals surface area contributed by atoms with Gasteiger partial charge < -0.3 is 15.4 Å². The van der Waals surface area contributed by atoms with Crippen molar-refractivity contribution in [3.63, 3.8) is 0 Å². The van der Waals surface area contributed by atoms with Gasteiger partial charge in [0.15, 0.2) is 0 Å². The summed E-state index contributed by atoms with van der Waals surface area (Å²) in [5.74, 6) is -0.534. The smallest absolute Gasteiger partial charge is 0.411 e. The van der Waals surface area contributed by atoms with Gasteiger partial charge in [-0.25, -0.2) is 4.79 Å². The SMILES string of the molecule is CCOC(=O)Nc1cccc(C(=O)Nc2cccc(NC(C)=O)c2)c1. The Hall–Kier alpha value is -3.35. The van der Waals surface area contributed by atoms with Gasteiger partial charge in [0.05, 0.1) is 6.61 Å². The molecule has 2 rings (SSSR count). The Morgan fingerprint density at radius 1 is 0.880 bits per heavy atom. The number of hydrogen-bond acceptors (Lipinski definition) is 4. The third-order valence-electron chi connectivity index (χ3n) is 3.09. The number of carbonyl (C=O) groups excluding carboxylic acids is 3. The summed E-state index contributed by atoms with van der Waals surface area (Å²) in [6.45, 7) is 3.38. The molecule has 0 unspecified atom stereocenters. The molecule has 0 aliphatic rings. The number of rotatable bonds is 5. The van der Waals surface area contributed by atoms with Crippen LogP contribution in [-0.2, 0) is 9.53 Å². The molecule has 0 spiro atoms. The standard InChI is InChI=1S/C18H19N3O4/c1-3-25-18(24)21-14-7-4-6-13(10-14)17(23)20-16-9-5-8-15(11-16)19-12(2)22/h4-11H,3H2,1-2H3,(H,19,22)(H,20,23)(H,21,24). The number of carbonyl (C=O) groups is 3. The minimum absolute atomic E-state index is 0.193. The van der Waals surface area contributed by atoms with Crippen LogP contribution in [0, 0.1) is 0 Å². The lowest BCUT2D eigenvalue weighted by Gasteiger charge is -2.09. The Balaban J connectivity index is 2.08. The molecule has 130 valence electrons. The lowest BCUT2D eigenvalue weighted by Crippen LogP contribution is -2.15. The van der Waals surface area contributed by atoms with Gasteiger partial charge in [-0.3, -0.25) is 14.9 Å². The van der Waals surface area contributed by atoms with Crippen LogP contribution in [0.5, 0.6) is 0 Å². The van der Waals surface area contributed by atoms with Crippen molar-refractivity contribution in [2.45, 2.75) is 13.8 Å². The van der Waals surface area contributed by atoms with E-state index in [0.29, 0.717) is 22.6 Å².